The maximum atomic E-state index is 15.1. The Labute approximate surface area is 216 Å². The Kier molecular flexibility index (Phi) is 9.15. The molecule has 0 saturated carbocycles. The van der Waals surface area contributed by atoms with Crippen molar-refractivity contribution in [1.29, 1.82) is 0 Å². The minimum atomic E-state index is -3.99. The molecule has 1 aromatic rings. The highest BCUT2D eigenvalue weighted by Crippen LogP contribution is 2.36. The number of hydrogen-bond donors (Lipinski definition) is 1. The predicted octanol–water partition coefficient (Wildman–Crippen LogP) is 6.19. The van der Waals surface area contributed by atoms with Crippen LogP contribution in [0.15, 0.2) is 82.3 Å². The van der Waals surface area contributed by atoms with E-state index in [9.17, 15) is 8.42 Å². The van der Waals surface area contributed by atoms with Crippen molar-refractivity contribution in [3.05, 3.63) is 102 Å². The fourth-order valence-corrected chi connectivity index (χ4v) is 7.22. The van der Waals surface area contributed by atoms with Crippen molar-refractivity contribution in [2.45, 2.75) is 62.3 Å². The average molecular weight is 509 g/mol. The van der Waals surface area contributed by atoms with Crippen LogP contribution in [-0.2, 0) is 10.0 Å². The van der Waals surface area contributed by atoms with Crippen LogP contribution in [0.25, 0.3) is 0 Å². The van der Waals surface area contributed by atoms with Crippen molar-refractivity contribution in [2.24, 2.45) is 0 Å². The average Bonchev–Trinajstić information content (AvgIpc) is 3.15. The first-order chi connectivity index (χ1) is 17.4. The van der Waals surface area contributed by atoms with Gasteiger partial charge in [-0.3, -0.25) is 0 Å². The minimum Gasteiger partial charge on any atom is -0.319 e. The summed E-state index contributed by atoms with van der Waals surface area (Å²) in [7, 11) is -2.09. The summed E-state index contributed by atoms with van der Waals surface area (Å²) >= 11 is 0. The van der Waals surface area contributed by atoms with Crippen molar-refractivity contribution < 1.29 is 12.8 Å². The summed E-state index contributed by atoms with van der Waals surface area (Å²) in [6.45, 7) is 3.06. The van der Waals surface area contributed by atoms with Crippen molar-refractivity contribution >= 4 is 10.0 Å². The van der Waals surface area contributed by atoms with Gasteiger partial charge in [-0.05, 0) is 69.7 Å². The quantitative estimate of drug-likeness (QED) is 0.384. The van der Waals surface area contributed by atoms with Gasteiger partial charge in [0.1, 0.15) is 10.7 Å². The number of nitrogens with zero attached hydrogens (tertiary/aromatic N) is 1. The number of hydrogen-bond acceptors (Lipinski definition) is 3. The Balaban J connectivity index is 1.51. The van der Waals surface area contributed by atoms with Gasteiger partial charge in [0, 0.05) is 25.9 Å². The molecule has 1 aliphatic heterocycles. The van der Waals surface area contributed by atoms with Crippen LogP contribution in [0, 0.1) is 18.7 Å². The fourth-order valence-electron chi connectivity index (χ4n) is 5.42. The van der Waals surface area contributed by atoms with Crippen LogP contribution in [0.4, 0.5) is 4.39 Å². The molecule has 1 aromatic carbocycles. The van der Waals surface area contributed by atoms with E-state index in [0.717, 1.165) is 55.2 Å². The Morgan fingerprint density at radius 3 is 2.78 bits per heavy atom. The number of benzene rings is 1. The first-order valence-corrected chi connectivity index (χ1v) is 14.4. The Morgan fingerprint density at radius 2 is 1.94 bits per heavy atom. The molecule has 6 heteroatoms. The molecule has 1 heterocycles. The molecule has 0 bridgehead atoms. The van der Waals surface area contributed by atoms with Crippen LogP contribution in [0.2, 0.25) is 0 Å². The van der Waals surface area contributed by atoms with Gasteiger partial charge in [-0.1, -0.05) is 71.7 Å². The molecule has 2 radical (unpaired) electrons. The number of halogens is 1. The summed E-state index contributed by atoms with van der Waals surface area (Å²) < 4.78 is 44.1. The molecule has 1 fully saturated rings. The molecule has 1 saturated heterocycles. The number of nitrogens with one attached hydrogen (secondary N) is 1. The predicted molar refractivity (Wildman–Crippen MR) is 145 cm³/mol. The molecule has 2 aliphatic carbocycles. The summed E-state index contributed by atoms with van der Waals surface area (Å²) in [5.41, 5.74) is 4.24. The van der Waals surface area contributed by atoms with Gasteiger partial charge in [0.2, 0.25) is 10.0 Å². The number of piperidine rings is 1. The van der Waals surface area contributed by atoms with E-state index in [1.54, 1.807) is 12.1 Å². The summed E-state index contributed by atoms with van der Waals surface area (Å²) in [5.74, 6) is -0.571. The number of fused-ring (bicyclic) bond motifs is 1. The molecule has 2 atom stereocenters. The topological polar surface area (TPSA) is 49.4 Å². The summed E-state index contributed by atoms with van der Waals surface area (Å²) in [6, 6.07) is 4.34. The van der Waals surface area contributed by atoms with Crippen LogP contribution in [0.3, 0.4) is 0 Å². The molecule has 1 N–H and O–H groups in total. The Morgan fingerprint density at radius 1 is 1.11 bits per heavy atom. The minimum absolute atomic E-state index is 0.110. The van der Waals surface area contributed by atoms with Crippen molar-refractivity contribution in [1.82, 2.24) is 9.62 Å². The normalized spacial score (nSPS) is 21.3. The monoisotopic (exact) mass is 508 g/mol. The lowest BCUT2D eigenvalue weighted by atomic mass is 9.88. The van der Waals surface area contributed by atoms with Gasteiger partial charge in [-0.15, -0.1) is 0 Å². The highest BCUT2D eigenvalue weighted by molar-refractivity contribution is 7.89. The van der Waals surface area contributed by atoms with E-state index in [-0.39, 0.29) is 16.9 Å². The Hall–Kier alpha value is -2.28. The number of unbranched alkanes of at least 4 members (excludes halogenated alkanes) is 1. The lowest BCUT2D eigenvalue weighted by molar-refractivity contribution is 0.333. The third kappa shape index (κ3) is 6.16. The number of sulfonamides is 1. The number of likely N-dealkylation sites (N-methyl/N-ethyl adjacent to an activating group) is 1. The van der Waals surface area contributed by atoms with Crippen molar-refractivity contribution in [3.8, 4) is 0 Å². The molecule has 192 valence electrons. The van der Waals surface area contributed by atoms with E-state index in [2.05, 4.69) is 30.0 Å². The van der Waals surface area contributed by atoms with E-state index < -0.39 is 15.8 Å². The molecule has 2 unspecified atom stereocenters. The van der Waals surface area contributed by atoms with Gasteiger partial charge < -0.3 is 5.32 Å². The zero-order valence-electron chi connectivity index (χ0n) is 21.3. The lowest BCUT2D eigenvalue weighted by Gasteiger charge is -2.39. The maximum absolute atomic E-state index is 15.1. The second-order valence-corrected chi connectivity index (χ2v) is 11.7. The molecule has 36 heavy (non-hydrogen) atoms. The lowest BCUT2D eigenvalue weighted by Crippen LogP contribution is -2.46. The first kappa shape index (κ1) is 26.8. The third-order valence-corrected chi connectivity index (χ3v) is 9.15. The summed E-state index contributed by atoms with van der Waals surface area (Å²) in [5, 5.41) is 3.24. The second kappa shape index (κ2) is 12.3. The molecular weight excluding hydrogens is 471 g/mol. The van der Waals surface area contributed by atoms with Gasteiger partial charge in [0.25, 0.3) is 0 Å². The van der Waals surface area contributed by atoms with E-state index >= 15 is 4.39 Å². The molecule has 0 amide bonds. The zero-order valence-corrected chi connectivity index (χ0v) is 22.1. The van der Waals surface area contributed by atoms with Gasteiger partial charge >= 0.3 is 0 Å². The zero-order chi connectivity index (χ0) is 25.5. The smallest absolute Gasteiger partial charge is 0.246 e. The molecular formula is C30H37FN2O2S. The van der Waals surface area contributed by atoms with Crippen molar-refractivity contribution in [2.75, 3.05) is 20.1 Å². The first-order valence-electron chi connectivity index (χ1n) is 13.0. The summed E-state index contributed by atoms with van der Waals surface area (Å²) in [6.07, 6.45) is 24.0. The fraction of sp³-hybridized carbons (Fsp3) is 0.400. The van der Waals surface area contributed by atoms with Gasteiger partial charge in [0.05, 0.1) is 6.04 Å². The highest BCUT2D eigenvalue weighted by Gasteiger charge is 2.39. The second-order valence-electron chi connectivity index (χ2n) is 9.83. The molecule has 4 rings (SSSR count). The standard InChI is InChI=1S/C30H37FN2O2S/c1-23-11-9-16-25-17-10-20-33(30(23)25)36(34,35)29-21-26(18-19-28(29)31)27(22-32-2)15-8-7-14-24-12-5-3-4-6-13-24/h3-6,9,11-13,16,18-19,21,27,30,32H,7-8,10,14-15,17,20,22H2,1-2H3. The molecule has 0 aromatic heterocycles. The molecule has 0 spiro atoms. The van der Waals surface area contributed by atoms with E-state index in [1.165, 1.54) is 15.9 Å². The highest BCUT2D eigenvalue weighted by atomic mass is 32.2. The van der Waals surface area contributed by atoms with Gasteiger partial charge in [-0.2, -0.15) is 4.31 Å². The SMILES string of the molecule is CNCC(CCCCC1=CC=CC=C[CH]1)c1ccc(F)c(S(=O)(=O)N2CCCC3=C[CH]C=C(C)C32)c1. The molecule has 3 aliphatic rings. The van der Waals surface area contributed by atoms with Crippen LogP contribution >= 0.6 is 0 Å². The number of rotatable bonds is 10. The van der Waals surface area contributed by atoms with Crippen molar-refractivity contribution in [3.63, 3.8) is 0 Å². The third-order valence-electron chi connectivity index (χ3n) is 7.27. The van der Waals surface area contributed by atoms with Crippen LogP contribution in [0.1, 0.15) is 56.9 Å². The van der Waals surface area contributed by atoms with E-state index in [1.807, 2.05) is 44.7 Å². The number of allylic oxidation sites excluding steroid dienone is 8. The van der Waals surface area contributed by atoms with Gasteiger partial charge in [-0.25, -0.2) is 12.8 Å². The van der Waals surface area contributed by atoms with E-state index in [4.69, 9.17) is 0 Å². The largest absolute Gasteiger partial charge is 0.319 e. The molecule has 4 nitrogen and oxygen atoms in total. The maximum Gasteiger partial charge on any atom is 0.246 e. The van der Waals surface area contributed by atoms with E-state index in [0.29, 0.717) is 13.1 Å². The van der Waals surface area contributed by atoms with Crippen LogP contribution < -0.4 is 5.32 Å². The van der Waals surface area contributed by atoms with Crippen LogP contribution in [0.5, 0.6) is 0 Å². The van der Waals surface area contributed by atoms with Crippen LogP contribution in [-0.4, -0.2) is 38.9 Å². The summed E-state index contributed by atoms with van der Waals surface area (Å²) in [4.78, 5) is -0.207. The Bertz CT molecular complexity index is 1190. The van der Waals surface area contributed by atoms with Gasteiger partial charge in [0.15, 0.2) is 0 Å².